The normalized spacial score (nSPS) is 10.8. The standard InChI is InChI=1S/C22H18Cl2N4O4/c1-13-7-14(11-30-2)18(9-25)22(27-13)31-12-21(29)28-26-10-16-4-6-20(32-16)17-8-15(23)3-5-19(17)24/h3-8,10H,11-12H2,1-2H3,(H,28,29)/b26-10-. The van der Waals surface area contributed by atoms with E-state index in [1.165, 1.54) is 13.3 Å². The number of nitriles is 1. The minimum Gasteiger partial charge on any atom is -0.467 e. The molecule has 10 heteroatoms. The van der Waals surface area contributed by atoms with E-state index >= 15 is 0 Å². The number of hydrogen-bond donors (Lipinski definition) is 1. The molecule has 0 radical (unpaired) electrons. The molecule has 8 nitrogen and oxygen atoms in total. The smallest absolute Gasteiger partial charge is 0.278 e. The van der Waals surface area contributed by atoms with Crippen LogP contribution in [-0.4, -0.2) is 30.8 Å². The highest BCUT2D eigenvalue weighted by Crippen LogP contribution is 2.31. The van der Waals surface area contributed by atoms with Crippen LogP contribution in [-0.2, 0) is 16.1 Å². The van der Waals surface area contributed by atoms with Gasteiger partial charge in [0.25, 0.3) is 5.91 Å². The molecule has 0 spiro atoms. The van der Waals surface area contributed by atoms with Gasteiger partial charge in [-0.05, 0) is 43.3 Å². The van der Waals surface area contributed by atoms with Crippen molar-refractivity contribution in [3.05, 3.63) is 69.0 Å². The number of hydrazone groups is 1. The van der Waals surface area contributed by atoms with Crippen LogP contribution >= 0.6 is 23.2 Å². The third-order valence-corrected chi connectivity index (χ3v) is 4.71. The second-order valence-corrected chi connectivity index (χ2v) is 7.40. The number of nitrogens with zero attached hydrogens (tertiary/aromatic N) is 3. The van der Waals surface area contributed by atoms with Crippen LogP contribution in [0.3, 0.4) is 0 Å². The molecule has 32 heavy (non-hydrogen) atoms. The Bertz CT molecular complexity index is 1200. The van der Waals surface area contributed by atoms with Gasteiger partial charge in [-0.2, -0.15) is 10.4 Å². The molecule has 0 fully saturated rings. The van der Waals surface area contributed by atoms with Gasteiger partial charge in [0.05, 0.1) is 17.8 Å². The van der Waals surface area contributed by atoms with Gasteiger partial charge in [0.1, 0.15) is 23.2 Å². The Hall–Kier alpha value is -3.38. The van der Waals surface area contributed by atoms with Gasteiger partial charge < -0.3 is 13.9 Å². The lowest BCUT2D eigenvalue weighted by Crippen LogP contribution is -2.25. The highest BCUT2D eigenvalue weighted by atomic mass is 35.5. The Balaban J connectivity index is 1.60. The average molecular weight is 473 g/mol. The summed E-state index contributed by atoms with van der Waals surface area (Å²) >= 11 is 12.2. The monoisotopic (exact) mass is 472 g/mol. The van der Waals surface area contributed by atoms with Gasteiger partial charge in [-0.1, -0.05) is 23.2 Å². The van der Waals surface area contributed by atoms with Crippen molar-refractivity contribution in [3.8, 4) is 23.3 Å². The lowest BCUT2D eigenvalue weighted by molar-refractivity contribution is -0.123. The largest absolute Gasteiger partial charge is 0.467 e. The van der Waals surface area contributed by atoms with Crippen LogP contribution < -0.4 is 10.2 Å². The van der Waals surface area contributed by atoms with Crippen molar-refractivity contribution >= 4 is 35.3 Å². The quantitative estimate of drug-likeness (QED) is 0.381. The van der Waals surface area contributed by atoms with E-state index < -0.39 is 5.91 Å². The number of amides is 1. The number of aromatic nitrogens is 1. The number of nitrogens with one attached hydrogen (secondary N) is 1. The number of pyridine rings is 1. The molecule has 0 saturated carbocycles. The van der Waals surface area contributed by atoms with Crippen LogP contribution in [0.1, 0.15) is 22.6 Å². The van der Waals surface area contributed by atoms with Gasteiger partial charge in [0, 0.05) is 29.0 Å². The highest BCUT2D eigenvalue weighted by molar-refractivity contribution is 6.35. The molecule has 0 saturated heterocycles. The molecule has 0 bridgehead atoms. The van der Waals surface area contributed by atoms with E-state index in [1.807, 2.05) is 6.07 Å². The molecule has 1 aromatic carbocycles. The molecule has 3 aromatic rings. The Morgan fingerprint density at radius 3 is 2.88 bits per heavy atom. The average Bonchev–Trinajstić information content (AvgIpc) is 3.22. The lowest BCUT2D eigenvalue weighted by Gasteiger charge is -2.10. The Morgan fingerprint density at radius 2 is 2.12 bits per heavy atom. The maximum atomic E-state index is 12.1. The molecule has 0 aliphatic rings. The Morgan fingerprint density at radius 1 is 1.31 bits per heavy atom. The van der Waals surface area contributed by atoms with Gasteiger partial charge in [-0.15, -0.1) is 0 Å². The number of rotatable bonds is 8. The first-order chi connectivity index (χ1) is 15.4. The molecule has 0 aliphatic carbocycles. The minimum atomic E-state index is -0.536. The van der Waals surface area contributed by atoms with Crippen LogP contribution in [0.5, 0.6) is 5.88 Å². The number of hydrogen-bond acceptors (Lipinski definition) is 7. The van der Waals surface area contributed by atoms with Crippen LogP contribution in [0.4, 0.5) is 0 Å². The molecule has 2 aromatic heterocycles. The summed E-state index contributed by atoms with van der Waals surface area (Å²) in [6.07, 6.45) is 1.34. The summed E-state index contributed by atoms with van der Waals surface area (Å²) in [5, 5.41) is 14.3. The summed E-state index contributed by atoms with van der Waals surface area (Å²) in [7, 11) is 1.52. The van der Waals surface area contributed by atoms with Crippen molar-refractivity contribution in [1.29, 1.82) is 5.26 Å². The van der Waals surface area contributed by atoms with E-state index in [2.05, 4.69) is 15.5 Å². The van der Waals surface area contributed by atoms with E-state index in [0.29, 0.717) is 38.4 Å². The molecule has 2 heterocycles. The van der Waals surface area contributed by atoms with Crippen molar-refractivity contribution in [2.75, 3.05) is 13.7 Å². The number of benzene rings is 1. The molecule has 0 unspecified atom stereocenters. The fraction of sp³-hybridized carbons (Fsp3) is 0.182. The lowest BCUT2D eigenvalue weighted by atomic mass is 10.1. The molecule has 0 atom stereocenters. The zero-order chi connectivity index (χ0) is 23.1. The highest BCUT2D eigenvalue weighted by Gasteiger charge is 2.14. The molecule has 164 valence electrons. The van der Waals surface area contributed by atoms with E-state index in [1.54, 1.807) is 43.3 Å². The minimum absolute atomic E-state index is 0.0627. The molecular formula is C22H18Cl2N4O4. The zero-order valence-electron chi connectivity index (χ0n) is 17.2. The third kappa shape index (κ3) is 5.86. The fourth-order valence-corrected chi connectivity index (χ4v) is 3.17. The topological polar surface area (TPSA) is 110 Å². The molecule has 0 aliphatic heterocycles. The summed E-state index contributed by atoms with van der Waals surface area (Å²) in [6.45, 7) is 1.60. The van der Waals surface area contributed by atoms with Crippen LogP contribution in [0, 0.1) is 18.3 Å². The van der Waals surface area contributed by atoms with Gasteiger partial charge in [-0.3, -0.25) is 4.79 Å². The van der Waals surface area contributed by atoms with Crippen molar-refractivity contribution < 1.29 is 18.7 Å². The number of carbonyl (C=O) groups is 1. The molecule has 1 amide bonds. The first kappa shape index (κ1) is 23.3. The molecular weight excluding hydrogens is 455 g/mol. The van der Waals surface area contributed by atoms with Crippen molar-refractivity contribution in [2.24, 2.45) is 5.10 Å². The van der Waals surface area contributed by atoms with Crippen LogP contribution in [0.15, 0.2) is 45.9 Å². The number of halogens is 2. The van der Waals surface area contributed by atoms with Crippen molar-refractivity contribution in [2.45, 2.75) is 13.5 Å². The number of furan rings is 1. The SMILES string of the molecule is COCc1cc(C)nc(OCC(=O)N/N=C\c2ccc(-c3cc(Cl)ccc3Cl)o2)c1C#N. The second kappa shape index (κ2) is 10.8. The third-order valence-electron chi connectivity index (χ3n) is 4.15. The fourth-order valence-electron chi connectivity index (χ4n) is 2.79. The molecule has 1 N–H and O–H groups in total. The number of ether oxygens (including phenoxy) is 2. The maximum absolute atomic E-state index is 12.1. The maximum Gasteiger partial charge on any atom is 0.278 e. The van der Waals surface area contributed by atoms with Gasteiger partial charge in [0.2, 0.25) is 5.88 Å². The summed E-state index contributed by atoms with van der Waals surface area (Å²) in [4.78, 5) is 16.2. The van der Waals surface area contributed by atoms with E-state index in [4.69, 9.17) is 37.1 Å². The van der Waals surface area contributed by atoms with E-state index in [0.717, 1.165) is 0 Å². The number of carbonyl (C=O) groups excluding carboxylic acids is 1. The summed E-state index contributed by atoms with van der Waals surface area (Å²) in [5.41, 5.74) is 4.45. The second-order valence-electron chi connectivity index (χ2n) is 6.56. The zero-order valence-corrected chi connectivity index (χ0v) is 18.7. The van der Waals surface area contributed by atoms with Gasteiger partial charge >= 0.3 is 0 Å². The first-order valence-electron chi connectivity index (χ1n) is 9.30. The number of aryl methyl sites for hydroxylation is 1. The first-order valence-corrected chi connectivity index (χ1v) is 10.1. The van der Waals surface area contributed by atoms with E-state index in [-0.39, 0.29) is 24.7 Å². The van der Waals surface area contributed by atoms with E-state index in [9.17, 15) is 10.1 Å². The van der Waals surface area contributed by atoms with Gasteiger partial charge in [-0.25, -0.2) is 10.4 Å². The summed E-state index contributed by atoms with van der Waals surface area (Å²) in [5.74, 6) is 0.433. The Kier molecular flexibility index (Phi) is 7.84. The van der Waals surface area contributed by atoms with Crippen molar-refractivity contribution in [3.63, 3.8) is 0 Å². The summed E-state index contributed by atoms with van der Waals surface area (Å²) in [6, 6.07) is 12.2. The predicted octanol–water partition coefficient (Wildman–Crippen LogP) is 4.50. The van der Waals surface area contributed by atoms with Gasteiger partial charge in [0.15, 0.2) is 6.61 Å². The Labute approximate surface area is 194 Å². The summed E-state index contributed by atoms with van der Waals surface area (Å²) < 4.78 is 16.2. The molecule has 3 rings (SSSR count). The van der Waals surface area contributed by atoms with Crippen LogP contribution in [0.2, 0.25) is 10.0 Å². The number of methoxy groups -OCH3 is 1. The van der Waals surface area contributed by atoms with Crippen LogP contribution in [0.25, 0.3) is 11.3 Å². The van der Waals surface area contributed by atoms with Crippen molar-refractivity contribution in [1.82, 2.24) is 10.4 Å². The predicted molar refractivity (Wildman–Crippen MR) is 120 cm³/mol.